The molecule has 0 radical (unpaired) electrons. The van der Waals surface area contributed by atoms with Gasteiger partial charge in [-0.05, 0) is 56.6 Å². The number of carbonyl (C=O) groups excluding carboxylic acids is 1. The lowest BCUT2D eigenvalue weighted by molar-refractivity contribution is 0.0936. The van der Waals surface area contributed by atoms with Gasteiger partial charge in [0.2, 0.25) is 10.0 Å². The van der Waals surface area contributed by atoms with Gasteiger partial charge in [0.15, 0.2) is 0 Å². The maximum Gasteiger partial charge on any atom is 0.251 e. The van der Waals surface area contributed by atoms with E-state index < -0.39 is 10.0 Å². The van der Waals surface area contributed by atoms with Gasteiger partial charge in [-0.3, -0.25) is 9.69 Å². The summed E-state index contributed by atoms with van der Waals surface area (Å²) in [6.45, 7) is 4.52. The maximum absolute atomic E-state index is 13.1. The van der Waals surface area contributed by atoms with Crippen LogP contribution in [0.4, 0.5) is 0 Å². The molecule has 1 aliphatic heterocycles. The summed E-state index contributed by atoms with van der Waals surface area (Å²) in [7, 11) is -0.586. The third-order valence-corrected chi connectivity index (χ3v) is 7.36. The van der Waals surface area contributed by atoms with Crippen LogP contribution in [0.5, 0.6) is 5.75 Å². The number of amides is 1. The van der Waals surface area contributed by atoms with Crippen molar-refractivity contribution in [2.75, 3.05) is 47.0 Å². The van der Waals surface area contributed by atoms with Crippen LogP contribution in [0.15, 0.2) is 47.4 Å². The monoisotopic (exact) mass is 475 g/mol. The van der Waals surface area contributed by atoms with Gasteiger partial charge in [0.25, 0.3) is 5.91 Å². The van der Waals surface area contributed by atoms with Crippen molar-refractivity contribution in [3.63, 3.8) is 0 Å². The van der Waals surface area contributed by atoms with Crippen LogP contribution in [0, 0.1) is 6.92 Å². The van der Waals surface area contributed by atoms with Gasteiger partial charge in [0.05, 0.1) is 24.7 Å². The molecular formula is C24H33N3O5S. The molecule has 0 spiro atoms. The third kappa shape index (κ3) is 6.32. The Hall–Kier alpha value is -2.46. The molecule has 9 heteroatoms. The van der Waals surface area contributed by atoms with Crippen LogP contribution in [-0.2, 0) is 14.8 Å². The second-order valence-electron chi connectivity index (χ2n) is 8.08. The lowest BCUT2D eigenvalue weighted by atomic mass is 10.0. The van der Waals surface area contributed by atoms with Crippen molar-refractivity contribution >= 4 is 15.9 Å². The van der Waals surface area contributed by atoms with Crippen molar-refractivity contribution in [1.29, 1.82) is 0 Å². The van der Waals surface area contributed by atoms with E-state index in [1.54, 1.807) is 20.1 Å². The molecule has 0 saturated carbocycles. The summed E-state index contributed by atoms with van der Waals surface area (Å²) < 4.78 is 38.1. The molecule has 0 aliphatic carbocycles. The van der Waals surface area contributed by atoms with Crippen LogP contribution in [0.25, 0.3) is 0 Å². The lowest BCUT2D eigenvalue weighted by Gasteiger charge is -2.29. The van der Waals surface area contributed by atoms with E-state index in [9.17, 15) is 13.2 Å². The molecular weight excluding hydrogens is 442 g/mol. The highest BCUT2D eigenvalue weighted by Crippen LogP contribution is 2.31. The summed E-state index contributed by atoms with van der Waals surface area (Å²) >= 11 is 0. The molecule has 2 N–H and O–H groups in total. The van der Waals surface area contributed by atoms with Gasteiger partial charge >= 0.3 is 0 Å². The van der Waals surface area contributed by atoms with Crippen LogP contribution in [0.2, 0.25) is 0 Å². The minimum Gasteiger partial charge on any atom is -0.496 e. The molecule has 1 amide bonds. The lowest BCUT2D eigenvalue weighted by Crippen LogP contribution is -2.37. The van der Waals surface area contributed by atoms with Crippen LogP contribution in [0.3, 0.4) is 0 Å². The van der Waals surface area contributed by atoms with Crippen molar-refractivity contribution in [3.05, 3.63) is 59.2 Å². The average molecular weight is 476 g/mol. The molecule has 3 rings (SSSR count). The summed E-state index contributed by atoms with van der Waals surface area (Å²) in [5.41, 5.74) is 2.07. The molecule has 33 heavy (non-hydrogen) atoms. The predicted molar refractivity (Wildman–Crippen MR) is 127 cm³/mol. The molecule has 1 heterocycles. The first-order valence-corrected chi connectivity index (χ1v) is 12.6. The van der Waals surface area contributed by atoms with Crippen LogP contribution >= 0.6 is 0 Å². The highest BCUT2D eigenvalue weighted by Gasteiger charge is 2.27. The largest absolute Gasteiger partial charge is 0.496 e. The van der Waals surface area contributed by atoms with Crippen molar-refractivity contribution in [2.45, 2.75) is 30.7 Å². The minimum atomic E-state index is -3.74. The topological polar surface area (TPSA) is 97.0 Å². The number of sulfonamides is 1. The molecule has 1 aliphatic rings. The Bertz CT molecular complexity index is 1050. The fourth-order valence-corrected chi connectivity index (χ4v) is 5.13. The number of nitrogens with zero attached hydrogens (tertiary/aromatic N) is 1. The van der Waals surface area contributed by atoms with Crippen molar-refractivity contribution in [1.82, 2.24) is 14.9 Å². The van der Waals surface area contributed by atoms with E-state index in [0.717, 1.165) is 37.2 Å². The van der Waals surface area contributed by atoms with E-state index in [4.69, 9.17) is 9.47 Å². The van der Waals surface area contributed by atoms with E-state index in [1.807, 2.05) is 24.3 Å². The van der Waals surface area contributed by atoms with Gasteiger partial charge in [-0.1, -0.05) is 24.3 Å². The Labute approximate surface area is 196 Å². The van der Waals surface area contributed by atoms with Gasteiger partial charge in [0.1, 0.15) is 5.75 Å². The summed E-state index contributed by atoms with van der Waals surface area (Å²) in [6.07, 6.45) is 2.24. The highest BCUT2D eigenvalue weighted by atomic mass is 32.2. The fourth-order valence-electron chi connectivity index (χ4n) is 4.09. The first kappa shape index (κ1) is 25.2. The van der Waals surface area contributed by atoms with E-state index >= 15 is 0 Å². The third-order valence-electron chi connectivity index (χ3n) is 5.90. The number of benzene rings is 2. The zero-order chi connectivity index (χ0) is 23.8. The van der Waals surface area contributed by atoms with E-state index in [0.29, 0.717) is 17.7 Å². The summed E-state index contributed by atoms with van der Waals surface area (Å²) in [5.74, 6) is 0.482. The van der Waals surface area contributed by atoms with E-state index in [-0.39, 0.29) is 30.0 Å². The van der Waals surface area contributed by atoms with E-state index in [2.05, 4.69) is 14.9 Å². The Balaban J connectivity index is 1.79. The second-order valence-corrected chi connectivity index (χ2v) is 9.85. The number of aryl methyl sites for hydroxylation is 1. The molecule has 0 bridgehead atoms. The second kappa shape index (κ2) is 11.6. The zero-order valence-electron chi connectivity index (χ0n) is 19.5. The van der Waals surface area contributed by atoms with Gasteiger partial charge in [-0.15, -0.1) is 0 Å². The quantitative estimate of drug-likeness (QED) is 0.485. The number of hydrogen-bond donors (Lipinski definition) is 2. The summed E-state index contributed by atoms with van der Waals surface area (Å²) in [6, 6.07) is 12.4. The Morgan fingerprint density at radius 2 is 1.85 bits per heavy atom. The first-order valence-electron chi connectivity index (χ1n) is 11.1. The molecule has 8 nitrogen and oxygen atoms in total. The molecule has 2 aromatic rings. The zero-order valence-corrected chi connectivity index (χ0v) is 20.3. The number of rotatable bonds is 11. The number of nitrogens with one attached hydrogen (secondary N) is 2. The number of likely N-dealkylation sites (tertiary alicyclic amines) is 1. The van der Waals surface area contributed by atoms with Crippen LogP contribution in [0.1, 0.15) is 40.4 Å². The Kier molecular flexibility index (Phi) is 8.85. The number of methoxy groups -OCH3 is 2. The van der Waals surface area contributed by atoms with Crippen LogP contribution in [-0.4, -0.2) is 66.2 Å². The first-order chi connectivity index (χ1) is 15.9. The van der Waals surface area contributed by atoms with Crippen molar-refractivity contribution in [2.24, 2.45) is 0 Å². The summed E-state index contributed by atoms with van der Waals surface area (Å²) in [5, 5.41) is 3.03. The molecule has 1 unspecified atom stereocenters. The number of para-hydroxylation sites is 1. The SMILES string of the molecule is COCCNS(=O)(=O)c1ccc(C)c(C(=O)NCC(c2ccccc2OC)N2CCCC2)c1. The molecule has 0 aromatic heterocycles. The molecule has 1 fully saturated rings. The Morgan fingerprint density at radius 1 is 1.12 bits per heavy atom. The smallest absolute Gasteiger partial charge is 0.251 e. The van der Waals surface area contributed by atoms with E-state index in [1.165, 1.54) is 19.2 Å². The average Bonchev–Trinajstić information content (AvgIpc) is 3.34. The van der Waals surface area contributed by atoms with Crippen molar-refractivity contribution in [3.8, 4) is 5.75 Å². The standard InChI is InChI=1S/C24H33N3O5S/c1-18-10-11-19(33(29,30)26-12-15-31-2)16-21(18)24(28)25-17-22(27-13-6-7-14-27)20-8-4-5-9-23(20)32-3/h4-5,8-11,16,22,26H,6-7,12-15,17H2,1-3H3,(H,25,28). The molecule has 1 saturated heterocycles. The van der Waals surface area contributed by atoms with Gasteiger partial charge in [0, 0.05) is 31.3 Å². The van der Waals surface area contributed by atoms with Gasteiger partial charge in [-0.2, -0.15) is 0 Å². The normalized spacial score (nSPS) is 15.4. The number of hydrogen-bond acceptors (Lipinski definition) is 6. The Morgan fingerprint density at radius 3 is 2.55 bits per heavy atom. The molecule has 1 atom stereocenters. The maximum atomic E-state index is 13.1. The molecule has 180 valence electrons. The van der Waals surface area contributed by atoms with Crippen LogP contribution < -0.4 is 14.8 Å². The summed E-state index contributed by atoms with van der Waals surface area (Å²) in [4.78, 5) is 15.5. The van der Waals surface area contributed by atoms with Gasteiger partial charge in [-0.25, -0.2) is 13.1 Å². The predicted octanol–water partition coefficient (Wildman–Crippen LogP) is 2.50. The fraction of sp³-hybridized carbons (Fsp3) is 0.458. The highest BCUT2D eigenvalue weighted by molar-refractivity contribution is 7.89. The van der Waals surface area contributed by atoms with Gasteiger partial charge < -0.3 is 14.8 Å². The molecule has 2 aromatic carbocycles. The number of ether oxygens (including phenoxy) is 2. The van der Waals surface area contributed by atoms with Crippen molar-refractivity contribution < 1.29 is 22.7 Å². The number of carbonyl (C=O) groups is 1. The minimum absolute atomic E-state index is 0.0319.